The van der Waals surface area contributed by atoms with Crippen molar-refractivity contribution >= 4 is 28.1 Å². The summed E-state index contributed by atoms with van der Waals surface area (Å²) >= 11 is 1.12. The number of hydrogen-bond acceptors (Lipinski definition) is 5. The van der Waals surface area contributed by atoms with E-state index in [1.807, 2.05) is 0 Å². The van der Waals surface area contributed by atoms with Gasteiger partial charge in [-0.25, -0.2) is 9.78 Å². The molecule has 1 aromatic carbocycles. The maximum atomic E-state index is 12.3. The molecule has 0 bridgehead atoms. The maximum Gasteiger partial charge on any atom is 0.387 e. The van der Waals surface area contributed by atoms with E-state index >= 15 is 0 Å². The van der Waals surface area contributed by atoms with Gasteiger partial charge in [0, 0.05) is 4.88 Å². The van der Waals surface area contributed by atoms with E-state index in [1.165, 1.54) is 12.1 Å². The Morgan fingerprint density at radius 3 is 2.75 bits per heavy atom. The molecule has 0 spiro atoms. The average Bonchev–Trinajstić information content (AvgIpc) is 2.72. The zero-order chi connectivity index (χ0) is 14.7. The standard InChI is InChI=1S/C12H10F2N2O3S/c1-6-9(10(17)18)16-12(20-6)15-7-4-2-3-5-8(7)19-11(13)14/h2-5,11H,1H3,(H,15,16)(H,17,18). The summed E-state index contributed by atoms with van der Waals surface area (Å²) in [6.45, 7) is -1.32. The molecule has 0 radical (unpaired) electrons. The summed E-state index contributed by atoms with van der Waals surface area (Å²) in [5.41, 5.74) is 0.225. The lowest BCUT2D eigenvalue weighted by atomic mass is 10.3. The van der Waals surface area contributed by atoms with E-state index in [0.717, 1.165) is 11.3 Å². The lowest BCUT2D eigenvalue weighted by molar-refractivity contribution is -0.0493. The fourth-order valence-corrected chi connectivity index (χ4v) is 2.35. The highest BCUT2D eigenvalue weighted by Gasteiger charge is 2.15. The number of benzene rings is 1. The van der Waals surface area contributed by atoms with Crippen molar-refractivity contribution in [2.24, 2.45) is 0 Å². The van der Waals surface area contributed by atoms with E-state index in [-0.39, 0.29) is 11.4 Å². The fraction of sp³-hybridized carbons (Fsp3) is 0.167. The topological polar surface area (TPSA) is 71.5 Å². The molecule has 0 amide bonds. The number of hydrogen-bond donors (Lipinski definition) is 2. The molecule has 1 aromatic heterocycles. The Balaban J connectivity index is 2.26. The van der Waals surface area contributed by atoms with Gasteiger partial charge in [-0.05, 0) is 19.1 Å². The third-order valence-electron chi connectivity index (χ3n) is 2.34. The van der Waals surface area contributed by atoms with Crippen molar-refractivity contribution < 1.29 is 23.4 Å². The van der Waals surface area contributed by atoms with Crippen LogP contribution >= 0.6 is 11.3 Å². The predicted octanol–water partition coefficient (Wildman–Crippen LogP) is 3.49. The molecule has 0 atom stereocenters. The van der Waals surface area contributed by atoms with Gasteiger partial charge in [0.15, 0.2) is 10.8 Å². The highest BCUT2D eigenvalue weighted by Crippen LogP contribution is 2.31. The number of alkyl halides is 2. The first-order chi connectivity index (χ1) is 9.47. The van der Waals surface area contributed by atoms with Crippen LogP contribution in [0.1, 0.15) is 15.4 Å². The van der Waals surface area contributed by atoms with E-state index in [1.54, 1.807) is 19.1 Å². The van der Waals surface area contributed by atoms with E-state index in [4.69, 9.17) is 5.11 Å². The minimum absolute atomic E-state index is 0.0350. The molecular formula is C12H10F2N2O3S. The molecule has 0 aliphatic rings. The molecule has 0 aliphatic heterocycles. The third-order valence-corrected chi connectivity index (χ3v) is 3.23. The van der Waals surface area contributed by atoms with E-state index in [9.17, 15) is 13.6 Å². The van der Waals surface area contributed by atoms with Crippen LogP contribution in [0.15, 0.2) is 24.3 Å². The molecule has 1 heterocycles. The molecule has 20 heavy (non-hydrogen) atoms. The predicted molar refractivity (Wildman–Crippen MR) is 70.2 cm³/mol. The highest BCUT2D eigenvalue weighted by atomic mass is 32.1. The number of carboxylic acids is 1. The Kier molecular flexibility index (Phi) is 4.14. The summed E-state index contributed by atoms with van der Waals surface area (Å²) in [6.07, 6.45) is 0. The first-order valence-electron chi connectivity index (χ1n) is 5.49. The van der Waals surface area contributed by atoms with Crippen molar-refractivity contribution in [3.63, 3.8) is 0 Å². The van der Waals surface area contributed by atoms with Gasteiger partial charge in [0.2, 0.25) is 0 Å². The number of ether oxygens (including phenoxy) is 1. The lowest BCUT2D eigenvalue weighted by Gasteiger charge is -2.10. The zero-order valence-corrected chi connectivity index (χ0v) is 11.1. The van der Waals surface area contributed by atoms with E-state index < -0.39 is 12.6 Å². The second-order valence-electron chi connectivity index (χ2n) is 3.73. The van der Waals surface area contributed by atoms with Gasteiger partial charge in [0.1, 0.15) is 5.75 Å². The van der Waals surface area contributed by atoms with Gasteiger partial charge in [0.05, 0.1) is 5.69 Å². The van der Waals surface area contributed by atoms with Crippen LogP contribution in [0.2, 0.25) is 0 Å². The minimum Gasteiger partial charge on any atom is -0.476 e. The van der Waals surface area contributed by atoms with Gasteiger partial charge in [-0.1, -0.05) is 12.1 Å². The Hall–Kier alpha value is -2.22. The average molecular weight is 300 g/mol. The molecule has 0 saturated heterocycles. The van der Waals surface area contributed by atoms with Crippen molar-refractivity contribution in [3.8, 4) is 5.75 Å². The van der Waals surface area contributed by atoms with Gasteiger partial charge < -0.3 is 15.2 Å². The van der Waals surface area contributed by atoms with Crippen LogP contribution in [-0.2, 0) is 0 Å². The van der Waals surface area contributed by atoms with Crippen molar-refractivity contribution in [3.05, 3.63) is 34.8 Å². The summed E-state index contributed by atoms with van der Waals surface area (Å²) in [6, 6.07) is 6.11. The van der Waals surface area contributed by atoms with Crippen LogP contribution in [0.5, 0.6) is 5.75 Å². The Morgan fingerprint density at radius 2 is 2.15 bits per heavy atom. The number of aryl methyl sites for hydroxylation is 1. The summed E-state index contributed by atoms with van der Waals surface area (Å²) in [5.74, 6) is -1.17. The zero-order valence-electron chi connectivity index (χ0n) is 10.3. The number of thiazole rings is 1. The Labute approximate surface area is 116 Å². The lowest BCUT2D eigenvalue weighted by Crippen LogP contribution is -2.04. The van der Waals surface area contributed by atoms with Gasteiger partial charge in [-0.3, -0.25) is 0 Å². The monoisotopic (exact) mass is 300 g/mol. The molecular weight excluding hydrogens is 290 g/mol. The minimum atomic E-state index is -2.94. The quantitative estimate of drug-likeness (QED) is 0.884. The highest BCUT2D eigenvalue weighted by molar-refractivity contribution is 7.15. The van der Waals surface area contributed by atoms with Crippen LogP contribution in [0.3, 0.4) is 0 Å². The number of carboxylic acid groups (broad SMARTS) is 1. The number of nitrogens with one attached hydrogen (secondary N) is 1. The molecule has 8 heteroatoms. The van der Waals surface area contributed by atoms with Crippen LogP contribution in [-0.4, -0.2) is 22.7 Å². The van der Waals surface area contributed by atoms with Crippen LogP contribution in [0, 0.1) is 6.92 Å². The number of aromatic carboxylic acids is 1. The van der Waals surface area contributed by atoms with Crippen LogP contribution in [0.4, 0.5) is 19.6 Å². The second kappa shape index (κ2) is 5.83. The number of halogens is 2. The number of anilines is 2. The van der Waals surface area contributed by atoms with Crippen molar-refractivity contribution in [2.75, 3.05) is 5.32 Å². The number of carbonyl (C=O) groups is 1. The first kappa shape index (κ1) is 14.2. The molecule has 0 fully saturated rings. The Bertz CT molecular complexity index is 631. The fourth-order valence-electron chi connectivity index (χ4n) is 1.53. The normalized spacial score (nSPS) is 10.6. The number of rotatable bonds is 5. The van der Waals surface area contributed by atoms with Gasteiger partial charge in [0.25, 0.3) is 0 Å². The van der Waals surface area contributed by atoms with Crippen LogP contribution in [0.25, 0.3) is 0 Å². The SMILES string of the molecule is Cc1sc(Nc2ccccc2OC(F)F)nc1C(=O)O. The van der Waals surface area contributed by atoms with Gasteiger partial charge in [-0.15, -0.1) is 11.3 Å². The summed E-state index contributed by atoms with van der Waals surface area (Å²) in [7, 11) is 0. The van der Waals surface area contributed by atoms with Crippen LogP contribution < -0.4 is 10.1 Å². The summed E-state index contributed by atoms with van der Waals surface area (Å²) < 4.78 is 28.9. The Morgan fingerprint density at radius 1 is 1.45 bits per heavy atom. The molecule has 106 valence electrons. The molecule has 0 unspecified atom stereocenters. The first-order valence-corrected chi connectivity index (χ1v) is 6.30. The number of para-hydroxylation sites is 2. The van der Waals surface area contributed by atoms with E-state index in [0.29, 0.717) is 15.7 Å². The largest absolute Gasteiger partial charge is 0.476 e. The molecule has 2 rings (SSSR count). The third kappa shape index (κ3) is 3.21. The summed E-state index contributed by atoms with van der Waals surface area (Å²) in [4.78, 5) is 15.3. The molecule has 5 nitrogen and oxygen atoms in total. The summed E-state index contributed by atoms with van der Waals surface area (Å²) in [5, 5.41) is 12.0. The van der Waals surface area contributed by atoms with Crippen molar-refractivity contribution in [1.82, 2.24) is 4.98 Å². The molecule has 2 N–H and O–H groups in total. The van der Waals surface area contributed by atoms with E-state index in [2.05, 4.69) is 15.0 Å². The number of nitrogens with zero attached hydrogens (tertiary/aromatic N) is 1. The molecule has 0 saturated carbocycles. The number of aromatic nitrogens is 1. The van der Waals surface area contributed by atoms with Crippen molar-refractivity contribution in [1.29, 1.82) is 0 Å². The second-order valence-corrected chi connectivity index (χ2v) is 4.93. The van der Waals surface area contributed by atoms with Gasteiger partial charge in [-0.2, -0.15) is 8.78 Å². The molecule has 0 aliphatic carbocycles. The van der Waals surface area contributed by atoms with Gasteiger partial charge >= 0.3 is 12.6 Å². The smallest absolute Gasteiger partial charge is 0.387 e. The molecule has 2 aromatic rings. The van der Waals surface area contributed by atoms with Crippen molar-refractivity contribution in [2.45, 2.75) is 13.5 Å². The maximum absolute atomic E-state index is 12.3.